The number of amides is 4. The van der Waals surface area contributed by atoms with Crippen LogP contribution < -0.4 is 21.7 Å². The molecule has 0 aliphatic carbocycles. The molecule has 0 aliphatic heterocycles. The SMILES string of the molecule is COC(=O)c1ccc(O)c(/C=N/NC(=O)c2cc3ccccc3cc2O)c1.Cc1cccc(/C=N/NC(=O)c2cc3ccccc3cc2O)c1O.O=C(N/N=C/c1cc(O)ccc1O)c1cc2ccccc2cc1O.O=C(O)c1ccc(O)c(/C=N/NC(=O)c2cc3ccccc3cc2O)c1. The molecule has 0 aromatic heterocycles. The molecular formula is C76H60N8O17. The Morgan fingerprint density at radius 1 is 0.327 bits per heavy atom. The summed E-state index contributed by atoms with van der Waals surface area (Å²) >= 11 is 0. The van der Waals surface area contributed by atoms with E-state index in [4.69, 9.17) is 5.11 Å². The molecule has 101 heavy (non-hydrogen) atoms. The molecule has 0 atom stereocenters. The highest BCUT2D eigenvalue weighted by Crippen LogP contribution is 2.30. The van der Waals surface area contributed by atoms with Crippen molar-refractivity contribution in [3.63, 3.8) is 0 Å². The lowest BCUT2D eigenvalue weighted by atomic mass is 10.1. The summed E-state index contributed by atoms with van der Waals surface area (Å²) in [6.45, 7) is 1.78. The number of hydrazone groups is 4. The molecular weight excluding hydrogens is 1300 g/mol. The minimum Gasteiger partial charge on any atom is -0.508 e. The molecule has 0 saturated carbocycles. The number of carbonyl (C=O) groups is 6. The number of phenols is 9. The van der Waals surface area contributed by atoms with Crippen molar-refractivity contribution in [2.24, 2.45) is 20.4 Å². The number of hydrogen-bond acceptors (Lipinski definition) is 20. The number of phenolic OH excluding ortho intramolecular Hbond substituents is 9. The number of nitrogens with one attached hydrogen (secondary N) is 4. The number of rotatable bonds is 14. The molecule has 4 amide bonds. The van der Waals surface area contributed by atoms with Crippen LogP contribution in [0.3, 0.4) is 0 Å². The highest BCUT2D eigenvalue weighted by molar-refractivity contribution is 6.05. The minimum atomic E-state index is -1.15. The van der Waals surface area contributed by atoms with Gasteiger partial charge < -0.3 is 55.8 Å². The van der Waals surface area contributed by atoms with E-state index in [2.05, 4.69) is 46.8 Å². The van der Waals surface area contributed by atoms with Crippen LogP contribution in [0.5, 0.6) is 51.7 Å². The molecule has 0 unspecified atom stereocenters. The molecule has 12 aromatic carbocycles. The number of nitrogens with zero attached hydrogens (tertiary/aromatic N) is 4. The second kappa shape index (κ2) is 32.7. The first-order valence-corrected chi connectivity index (χ1v) is 30.0. The highest BCUT2D eigenvalue weighted by atomic mass is 16.5. The van der Waals surface area contributed by atoms with Crippen molar-refractivity contribution in [1.29, 1.82) is 0 Å². The van der Waals surface area contributed by atoms with Gasteiger partial charge in [-0.1, -0.05) is 109 Å². The molecule has 14 N–H and O–H groups in total. The van der Waals surface area contributed by atoms with E-state index < -0.39 is 35.6 Å². The number of aryl methyl sites for hydroxylation is 1. The van der Waals surface area contributed by atoms with E-state index in [1.165, 1.54) is 105 Å². The maximum absolute atomic E-state index is 12.3. The van der Waals surface area contributed by atoms with Gasteiger partial charge in [0.25, 0.3) is 23.6 Å². The zero-order valence-electron chi connectivity index (χ0n) is 53.2. The third-order valence-corrected chi connectivity index (χ3v) is 14.9. The number of benzene rings is 12. The lowest BCUT2D eigenvalue weighted by Crippen LogP contribution is -2.17. The maximum atomic E-state index is 12.3. The third kappa shape index (κ3) is 18.2. The summed E-state index contributed by atoms with van der Waals surface area (Å²) in [7, 11) is 1.25. The number of carboxylic acids is 1. The number of carboxylic acid groups (broad SMARTS) is 1. The van der Waals surface area contributed by atoms with Gasteiger partial charge in [0.05, 0.1) is 65.3 Å². The van der Waals surface area contributed by atoms with Crippen LogP contribution in [0, 0.1) is 6.92 Å². The Kier molecular flexibility index (Phi) is 22.9. The fourth-order valence-corrected chi connectivity index (χ4v) is 9.65. The second-order valence-electron chi connectivity index (χ2n) is 21.8. The Labute approximate surface area is 573 Å². The molecule has 0 radical (unpaired) electrons. The Morgan fingerprint density at radius 3 is 0.960 bits per heavy atom. The second-order valence-corrected chi connectivity index (χ2v) is 21.8. The maximum Gasteiger partial charge on any atom is 0.337 e. The van der Waals surface area contributed by atoms with Crippen LogP contribution in [0.25, 0.3) is 43.1 Å². The number of carbonyl (C=O) groups excluding carboxylic acids is 5. The van der Waals surface area contributed by atoms with Crippen LogP contribution >= 0.6 is 0 Å². The third-order valence-electron chi connectivity index (χ3n) is 14.9. The molecule has 0 spiro atoms. The lowest BCUT2D eigenvalue weighted by Gasteiger charge is -2.06. The van der Waals surface area contributed by atoms with Crippen LogP contribution in [-0.2, 0) is 4.74 Å². The lowest BCUT2D eigenvalue weighted by molar-refractivity contribution is 0.0599. The minimum absolute atomic E-state index is 0.0252. The summed E-state index contributed by atoms with van der Waals surface area (Å²) in [6, 6.07) is 58.7. The average molecular weight is 1360 g/mol. The molecule has 0 saturated heterocycles. The van der Waals surface area contributed by atoms with Crippen molar-refractivity contribution in [1.82, 2.24) is 21.7 Å². The van der Waals surface area contributed by atoms with Crippen LogP contribution in [0.2, 0.25) is 0 Å². The fraction of sp³-hybridized carbons (Fsp3) is 0.0263. The zero-order chi connectivity index (χ0) is 72.3. The van der Waals surface area contributed by atoms with Crippen LogP contribution in [0.1, 0.15) is 90.0 Å². The van der Waals surface area contributed by atoms with E-state index in [-0.39, 0.29) is 102 Å². The van der Waals surface area contributed by atoms with E-state index in [0.29, 0.717) is 5.56 Å². The van der Waals surface area contributed by atoms with Crippen molar-refractivity contribution in [2.75, 3.05) is 7.11 Å². The van der Waals surface area contributed by atoms with Crippen molar-refractivity contribution in [2.45, 2.75) is 6.92 Å². The van der Waals surface area contributed by atoms with Crippen molar-refractivity contribution in [3.05, 3.63) is 280 Å². The number of hydrogen-bond donors (Lipinski definition) is 14. The number of fused-ring (bicyclic) bond motifs is 4. The van der Waals surface area contributed by atoms with Crippen LogP contribution in [0.4, 0.5) is 0 Å². The van der Waals surface area contributed by atoms with Gasteiger partial charge in [-0.25, -0.2) is 31.3 Å². The number of methoxy groups -OCH3 is 1. The number of para-hydroxylation sites is 1. The van der Waals surface area contributed by atoms with Gasteiger partial charge in [0.1, 0.15) is 51.7 Å². The highest BCUT2D eigenvalue weighted by Gasteiger charge is 2.17. The molecule has 25 nitrogen and oxygen atoms in total. The molecule has 506 valence electrons. The predicted octanol–water partition coefficient (Wildman–Crippen LogP) is 11.6. The molecule has 25 heteroatoms. The van der Waals surface area contributed by atoms with Crippen molar-refractivity contribution < 1.29 is 84.6 Å². The van der Waals surface area contributed by atoms with Crippen molar-refractivity contribution in [3.8, 4) is 51.7 Å². The van der Waals surface area contributed by atoms with E-state index >= 15 is 0 Å². The first kappa shape index (κ1) is 70.7. The van der Waals surface area contributed by atoms with Gasteiger partial charge in [-0.05, 0) is 165 Å². The molecule has 0 aliphatic rings. The van der Waals surface area contributed by atoms with Gasteiger partial charge in [0.15, 0.2) is 0 Å². The molecule has 12 aromatic rings. The first-order chi connectivity index (χ1) is 48.5. The van der Waals surface area contributed by atoms with Crippen LogP contribution in [-0.4, -0.2) is 119 Å². The van der Waals surface area contributed by atoms with Gasteiger partial charge in [-0.2, -0.15) is 20.4 Å². The molecule has 0 bridgehead atoms. The normalized spacial score (nSPS) is 11.0. The van der Waals surface area contributed by atoms with Crippen molar-refractivity contribution >= 4 is 104 Å². The quantitative estimate of drug-likeness (QED) is 0.0208. The molecule has 12 rings (SSSR count). The van der Waals surface area contributed by atoms with Crippen LogP contribution in [0.15, 0.2) is 239 Å². The summed E-state index contributed by atoms with van der Waals surface area (Å²) < 4.78 is 4.62. The summed E-state index contributed by atoms with van der Waals surface area (Å²) in [5.41, 5.74) is 11.5. The number of aromatic hydroxyl groups is 9. The van der Waals surface area contributed by atoms with E-state index in [0.717, 1.165) is 54.9 Å². The van der Waals surface area contributed by atoms with E-state index in [1.807, 2.05) is 97.1 Å². The standard InChI is InChI=1S/C20H16N2O5.C19H14N2O5.C19H16N2O3.C18H14N2O4/c1-27-20(26)14-6-7-17(23)15(8-14)11-21-22-19(25)16-9-12-4-2-3-5-13(12)10-18(16)24;22-16-6-5-13(19(25)26)7-14(16)10-20-21-18(24)15-8-11-3-1-2-4-12(11)9-17(15)23;1-12-5-4-8-15(18(12)23)11-20-21-19(24)16-9-13-6-2-3-7-14(13)10-17(16)22;21-14-5-6-16(22)13(7-14)10-19-20-18(24)15-8-11-3-1-2-4-12(11)9-17(15)23/h2-11,23-24H,1H3,(H,22,25);1-10,22-23H,(H,21,24)(H,25,26);2-11,22-23H,1H3,(H,21,24);1-10,21-23H,(H,20,24)/b21-11+;20-10+;20-11+;19-10+. The predicted molar refractivity (Wildman–Crippen MR) is 380 cm³/mol. The summed E-state index contributed by atoms with van der Waals surface area (Å²) in [5, 5.41) is 119. The zero-order valence-corrected chi connectivity index (χ0v) is 53.2. The summed E-state index contributed by atoms with van der Waals surface area (Å²) in [5.74, 6) is -5.00. The monoisotopic (exact) mass is 1360 g/mol. The Morgan fingerprint density at radius 2 is 0.624 bits per heavy atom. The van der Waals surface area contributed by atoms with E-state index in [9.17, 15) is 74.7 Å². The van der Waals surface area contributed by atoms with Gasteiger partial charge in [-0.3, -0.25) is 19.2 Å². The first-order valence-electron chi connectivity index (χ1n) is 30.0. The topological polar surface area (TPSA) is 412 Å². The number of ether oxygens (including phenoxy) is 1. The smallest absolute Gasteiger partial charge is 0.337 e. The average Bonchev–Trinajstić information content (AvgIpc) is 0.829. The molecule has 0 fully saturated rings. The summed E-state index contributed by atoms with van der Waals surface area (Å²) in [4.78, 5) is 71.4. The number of esters is 1. The number of aromatic carboxylic acids is 1. The van der Waals surface area contributed by atoms with Gasteiger partial charge >= 0.3 is 11.9 Å². The van der Waals surface area contributed by atoms with Gasteiger partial charge in [0, 0.05) is 22.3 Å². The summed E-state index contributed by atoms with van der Waals surface area (Å²) in [6.07, 6.45) is 4.87. The largest absolute Gasteiger partial charge is 0.508 e. The fourth-order valence-electron chi connectivity index (χ4n) is 9.65. The van der Waals surface area contributed by atoms with Gasteiger partial charge in [-0.15, -0.1) is 0 Å². The van der Waals surface area contributed by atoms with Gasteiger partial charge in [0.2, 0.25) is 0 Å². The Hall–Kier alpha value is -14.6. The molecule has 0 heterocycles. The Balaban J connectivity index is 0.000000157. The van der Waals surface area contributed by atoms with E-state index in [1.54, 1.807) is 49.4 Å². The Bertz CT molecular complexity index is 5200.